The molecule has 2 heterocycles. The summed E-state index contributed by atoms with van der Waals surface area (Å²) in [6.45, 7) is 6.94. The van der Waals surface area contributed by atoms with E-state index in [0.717, 1.165) is 49.2 Å². The first-order valence-corrected chi connectivity index (χ1v) is 12.6. The summed E-state index contributed by atoms with van der Waals surface area (Å²) < 4.78 is 1.73. The normalized spacial score (nSPS) is 18.3. The fourth-order valence-corrected chi connectivity index (χ4v) is 5.58. The molecule has 3 aromatic rings. The van der Waals surface area contributed by atoms with Gasteiger partial charge in [0.05, 0.1) is 11.7 Å². The molecule has 188 valence electrons. The lowest BCUT2D eigenvalue weighted by Crippen LogP contribution is -2.42. The van der Waals surface area contributed by atoms with Gasteiger partial charge in [0.15, 0.2) is 5.43 Å². The molecule has 1 fully saturated rings. The predicted molar refractivity (Wildman–Crippen MR) is 141 cm³/mol. The summed E-state index contributed by atoms with van der Waals surface area (Å²) in [4.78, 5) is 30.6. The Bertz CT molecular complexity index is 1270. The van der Waals surface area contributed by atoms with E-state index in [2.05, 4.69) is 46.4 Å². The van der Waals surface area contributed by atoms with Crippen molar-refractivity contribution in [2.75, 3.05) is 25.5 Å². The van der Waals surface area contributed by atoms with Gasteiger partial charge >= 0.3 is 0 Å². The van der Waals surface area contributed by atoms with Gasteiger partial charge in [-0.1, -0.05) is 11.6 Å². The average Bonchev–Trinajstić information content (AvgIpc) is 3.30. The van der Waals surface area contributed by atoms with Gasteiger partial charge < -0.3 is 15.1 Å². The van der Waals surface area contributed by atoms with Gasteiger partial charge in [-0.3, -0.25) is 9.59 Å². The highest BCUT2D eigenvalue weighted by Gasteiger charge is 2.28. The largest absolute Gasteiger partial charge is 0.369 e. The number of amides is 1. The van der Waals surface area contributed by atoms with Crippen LogP contribution >= 0.6 is 11.6 Å². The number of halogens is 1. The van der Waals surface area contributed by atoms with Crippen molar-refractivity contribution in [2.45, 2.75) is 65.1 Å². The van der Waals surface area contributed by atoms with E-state index in [-0.39, 0.29) is 17.9 Å². The third-order valence-electron chi connectivity index (χ3n) is 7.46. The van der Waals surface area contributed by atoms with E-state index in [0.29, 0.717) is 33.7 Å². The number of aryl methyl sites for hydroxylation is 1. The molecule has 1 saturated carbocycles. The molecule has 1 aliphatic rings. The Morgan fingerprint density at radius 2 is 1.86 bits per heavy atom. The van der Waals surface area contributed by atoms with Crippen molar-refractivity contribution in [3.05, 3.63) is 62.0 Å². The van der Waals surface area contributed by atoms with E-state index in [1.165, 1.54) is 6.07 Å². The Morgan fingerprint density at radius 1 is 1.17 bits per heavy atom. The zero-order valence-electron chi connectivity index (χ0n) is 21.2. The summed E-state index contributed by atoms with van der Waals surface area (Å²) in [5, 5.41) is 10.3. The molecule has 35 heavy (non-hydrogen) atoms. The van der Waals surface area contributed by atoms with Crippen LogP contribution in [0.5, 0.6) is 0 Å². The Morgan fingerprint density at radius 3 is 2.51 bits per heavy atom. The third kappa shape index (κ3) is 5.09. The van der Waals surface area contributed by atoms with Crippen LogP contribution in [0.15, 0.2) is 29.2 Å². The van der Waals surface area contributed by atoms with E-state index < -0.39 is 0 Å². The highest BCUT2D eigenvalue weighted by molar-refractivity contribution is 6.31. The average molecular weight is 499 g/mol. The number of carbonyl (C=O) groups excluding carboxylic acids is 1. The minimum absolute atomic E-state index is 0.124. The van der Waals surface area contributed by atoms with Crippen LogP contribution in [0.25, 0.3) is 5.52 Å². The number of fused-ring (bicyclic) bond motifs is 1. The van der Waals surface area contributed by atoms with Gasteiger partial charge in [0, 0.05) is 58.8 Å². The SMILES string of the molecule is CCN(c1cc(Cl)cc(C(=O)NCc2c(C)n3[nH]ncc3cc2=O)c1C)C1CCC(N(C)C)CC1. The molecule has 0 unspecified atom stereocenters. The van der Waals surface area contributed by atoms with Gasteiger partial charge in [0.2, 0.25) is 0 Å². The van der Waals surface area contributed by atoms with Gasteiger partial charge in [-0.05, 0) is 78.2 Å². The zero-order chi connectivity index (χ0) is 25.3. The topological polar surface area (TPSA) is 85.7 Å². The highest BCUT2D eigenvalue weighted by Crippen LogP contribution is 2.34. The van der Waals surface area contributed by atoms with Crippen LogP contribution < -0.4 is 15.6 Å². The second-order valence-corrected chi connectivity index (χ2v) is 10.1. The number of hydrogen-bond acceptors (Lipinski definition) is 5. The lowest BCUT2D eigenvalue weighted by molar-refractivity contribution is 0.0950. The van der Waals surface area contributed by atoms with Gasteiger partial charge in [0.1, 0.15) is 0 Å². The molecule has 0 radical (unpaired) electrons. The number of rotatable bonds is 7. The summed E-state index contributed by atoms with van der Waals surface area (Å²) in [7, 11) is 4.30. The Balaban J connectivity index is 1.55. The minimum Gasteiger partial charge on any atom is -0.369 e. The third-order valence-corrected chi connectivity index (χ3v) is 7.68. The predicted octanol–water partition coefficient (Wildman–Crippen LogP) is 3.92. The van der Waals surface area contributed by atoms with Gasteiger partial charge in [-0.25, -0.2) is 9.73 Å². The molecule has 1 aliphatic carbocycles. The Hall–Kier alpha value is -2.84. The fraction of sp³-hybridized carbons (Fsp3) is 0.500. The first-order valence-electron chi connectivity index (χ1n) is 12.3. The van der Waals surface area contributed by atoms with E-state index in [4.69, 9.17) is 11.6 Å². The number of nitrogens with one attached hydrogen (secondary N) is 2. The summed E-state index contributed by atoms with van der Waals surface area (Å²) in [5.74, 6) is -0.243. The van der Waals surface area contributed by atoms with Crippen LogP contribution in [0, 0.1) is 13.8 Å². The summed E-state index contributed by atoms with van der Waals surface area (Å²) in [6, 6.07) is 6.25. The molecule has 0 aliphatic heterocycles. The molecule has 8 nitrogen and oxygen atoms in total. The molecule has 9 heteroatoms. The number of benzene rings is 1. The highest BCUT2D eigenvalue weighted by atomic mass is 35.5. The van der Waals surface area contributed by atoms with E-state index in [1.54, 1.807) is 16.8 Å². The maximum absolute atomic E-state index is 13.3. The lowest BCUT2D eigenvalue weighted by atomic mass is 9.89. The Labute approximate surface area is 211 Å². The molecule has 0 saturated heterocycles. The maximum atomic E-state index is 13.3. The number of nitrogens with zero attached hydrogens (tertiary/aromatic N) is 4. The van der Waals surface area contributed by atoms with Crippen LogP contribution in [0.3, 0.4) is 0 Å². The number of carbonyl (C=O) groups is 1. The molecule has 1 amide bonds. The van der Waals surface area contributed by atoms with Crippen molar-refractivity contribution < 1.29 is 4.79 Å². The quantitative estimate of drug-likeness (QED) is 0.515. The molecule has 0 spiro atoms. The van der Waals surface area contributed by atoms with E-state index in [1.807, 2.05) is 19.9 Å². The van der Waals surface area contributed by atoms with Crippen molar-refractivity contribution >= 4 is 28.7 Å². The molecular formula is C26H35ClN6O2. The van der Waals surface area contributed by atoms with Crippen molar-refractivity contribution in [3.8, 4) is 0 Å². The first kappa shape index (κ1) is 25.3. The van der Waals surface area contributed by atoms with Crippen LogP contribution in [0.4, 0.5) is 5.69 Å². The minimum atomic E-state index is -0.243. The van der Waals surface area contributed by atoms with Gasteiger partial charge in [-0.2, -0.15) is 5.10 Å². The second-order valence-electron chi connectivity index (χ2n) is 9.68. The van der Waals surface area contributed by atoms with E-state index in [9.17, 15) is 9.59 Å². The zero-order valence-corrected chi connectivity index (χ0v) is 21.9. The molecule has 2 aromatic heterocycles. The van der Waals surface area contributed by atoms with Gasteiger partial charge in [-0.15, -0.1) is 0 Å². The summed E-state index contributed by atoms with van der Waals surface area (Å²) >= 11 is 6.51. The summed E-state index contributed by atoms with van der Waals surface area (Å²) in [5.41, 5.74) is 4.25. The van der Waals surface area contributed by atoms with Crippen molar-refractivity contribution in [1.82, 2.24) is 25.0 Å². The number of anilines is 1. The molecule has 2 N–H and O–H groups in total. The van der Waals surface area contributed by atoms with Crippen LogP contribution in [0.2, 0.25) is 5.02 Å². The van der Waals surface area contributed by atoms with Crippen LogP contribution in [-0.2, 0) is 6.54 Å². The smallest absolute Gasteiger partial charge is 0.251 e. The molecule has 1 aromatic carbocycles. The number of pyridine rings is 1. The molecule has 4 rings (SSSR count). The van der Waals surface area contributed by atoms with Crippen LogP contribution in [0.1, 0.15) is 59.8 Å². The molecular weight excluding hydrogens is 464 g/mol. The number of aromatic nitrogens is 3. The van der Waals surface area contributed by atoms with Crippen LogP contribution in [-0.4, -0.2) is 58.4 Å². The number of H-pyrrole nitrogens is 1. The summed E-state index contributed by atoms with van der Waals surface area (Å²) in [6.07, 6.45) is 6.15. The monoisotopic (exact) mass is 498 g/mol. The second kappa shape index (κ2) is 10.4. The fourth-order valence-electron chi connectivity index (χ4n) is 5.36. The Kier molecular flexibility index (Phi) is 7.52. The van der Waals surface area contributed by atoms with Crippen molar-refractivity contribution in [1.29, 1.82) is 0 Å². The number of aromatic amines is 1. The number of hydrogen-bond donors (Lipinski definition) is 2. The first-order chi connectivity index (χ1) is 16.7. The van der Waals surface area contributed by atoms with Crippen molar-refractivity contribution in [2.24, 2.45) is 0 Å². The molecule has 0 atom stereocenters. The van der Waals surface area contributed by atoms with Crippen molar-refractivity contribution in [3.63, 3.8) is 0 Å². The lowest BCUT2D eigenvalue weighted by Gasteiger charge is -2.40. The van der Waals surface area contributed by atoms with Gasteiger partial charge in [0.25, 0.3) is 5.91 Å². The maximum Gasteiger partial charge on any atom is 0.251 e. The standard InChI is InChI=1S/C26H35ClN6O2/c1-6-32(20-9-7-19(8-10-20)31(4)5)24-12-18(27)11-22(16(24)2)26(35)28-15-23-17(3)33-21(13-25(23)34)14-29-30-33/h11-14,19-20,30H,6-10,15H2,1-5H3,(H,28,35). The van der Waals surface area contributed by atoms with E-state index >= 15 is 0 Å². The molecule has 0 bridgehead atoms.